The maximum atomic E-state index is 12.3. The first-order chi connectivity index (χ1) is 13.4. The van der Waals surface area contributed by atoms with Crippen molar-refractivity contribution in [1.29, 1.82) is 0 Å². The van der Waals surface area contributed by atoms with Gasteiger partial charge in [0.25, 0.3) is 5.91 Å². The van der Waals surface area contributed by atoms with Gasteiger partial charge in [-0.05, 0) is 35.9 Å². The van der Waals surface area contributed by atoms with Crippen LogP contribution in [-0.4, -0.2) is 52.6 Å². The lowest BCUT2D eigenvalue weighted by Gasteiger charge is -2.29. The Hall–Kier alpha value is -2.46. The average Bonchev–Trinajstić information content (AvgIpc) is 3.21. The highest BCUT2D eigenvalue weighted by atomic mass is 32.2. The third kappa shape index (κ3) is 5.77. The Labute approximate surface area is 164 Å². The predicted molar refractivity (Wildman–Crippen MR) is 105 cm³/mol. The van der Waals surface area contributed by atoms with E-state index in [9.17, 15) is 13.2 Å². The number of rotatable bonds is 7. The second-order valence-corrected chi connectivity index (χ2v) is 8.49. The molecule has 1 amide bonds. The van der Waals surface area contributed by atoms with E-state index in [2.05, 4.69) is 17.2 Å². The molecule has 1 saturated heterocycles. The zero-order chi connectivity index (χ0) is 20.0. The SMILES string of the molecule is C[NH+]1CCN(NC(=O)/C=C/c2ccc(S(=O)(=O)NCc3ccco3)cc2)CC1. The number of carbonyl (C=O) groups excluding carboxylic acids is 1. The number of hydrogen-bond donors (Lipinski definition) is 3. The molecule has 3 N–H and O–H groups in total. The van der Waals surface area contributed by atoms with Crippen molar-refractivity contribution in [2.75, 3.05) is 33.2 Å². The van der Waals surface area contributed by atoms with Gasteiger partial charge in [0, 0.05) is 6.08 Å². The van der Waals surface area contributed by atoms with Crippen molar-refractivity contribution < 1.29 is 22.5 Å². The van der Waals surface area contributed by atoms with Crippen LogP contribution in [0.25, 0.3) is 6.08 Å². The molecular formula is C19H25N4O4S+. The number of likely N-dealkylation sites (N-methyl/N-ethyl adjacent to an activating group) is 1. The van der Waals surface area contributed by atoms with Crippen LogP contribution in [0.4, 0.5) is 0 Å². The van der Waals surface area contributed by atoms with E-state index in [0.717, 1.165) is 31.7 Å². The van der Waals surface area contributed by atoms with Crippen LogP contribution in [0.15, 0.2) is 58.1 Å². The van der Waals surface area contributed by atoms with Gasteiger partial charge in [0.05, 0.1) is 50.9 Å². The summed E-state index contributed by atoms with van der Waals surface area (Å²) in [7, 11) is -1.50. The fourth-order valence-corrected chi connectivity index (χ4v) is 3.78. The topological polar surface area (TPSA) is 96.1 Å². The van der Waals surface area contributed by atoms with E-state index in [-0.39, 0.29) is 17.3 Å². The molecular weight excluding hydrogens is 380 g/mol. The zero-order valence-electron chi connectivity index (χ0n) is 15.7. The summed E-state index contributed by atoms with van der Waals surface area (Å²) in [5.74, 6) is 0.340. The van der Waals surface area contributed by atoms with E-state index in [0.29, 0.717) is 5.76 Å². The Morgan fingerprint density at radius 1 is 1.21 bits per heavy atom. The van der Waals surface area contributed by atoms with Gasteiger partial charge in [0.15, 0.2) is 0 Å². The van der Waals surface area contributed by atoms with Crippen LogP contribution in [0.1, 0.15) is 11.3 Å². The number of hydrogen-bond acceptors (Lipinski definition) is 5. The van der Waals surface area contributed by atoms with Crippen molar-refractivity contribution in [1.82, 2.24) is 15.2 Å². The van der Waals surface area contributed by atoms with Crippen molar-refractivity contribution in [2.45, 2.75) is 11.4 Å². The van der Waals surface area contributed by atoms with Crippen LogP contribution in [0.3, 0.4) is 0 Å². The van der Waals surface area contributed by atoms with Gasteiger partial charge in [-0.1, -0.05) is 12.1 Å². The van der Waals surface area contributed by atoms with Crippen LogP contribution in [0.2, 0.25) is 0 Å². The van der Waals surface area contributed by atoms with E-state index < -0.39 is 10.0 Å². The minimum absolute atomic E-state index is 0.0882. The first-order valence-corrected chi connectivity index (χ1v) is 10.6. The first kappa shape index (κ1) is 20.3. The summed E-state index contributed by atoms with van der Waals surface area (Å²) in [5, 5.41) is 1.92. The van der Waals surface area contributed by atoms with Gasteiger partial charge < -0.3 is 9.32 Å². The van der Waals surface area contributed by atoms with E-state index in [4.69, 9.17) is 4.42 Å². The van der Waals surface area contributed by atoms with Crippen LogP contribution >= 0.6 is 0 Å². The lowest BCUT2D eigenvalue weighted by atomic mass is 10.2. The van der Waals surface area contributed by atoms with Gasteiger partial charge in [0.1, 0.15) is 5.76 Å². The van der Waals surface area contributed by atoms with Gasteiger partial charge in [-0.2, -0.15) is 0 Å². The maximum Gasteiger partial charge on any atom is 0.258 e. The van der Waals surface area contributed by atoms with Crippen molar-refractivity contribution >= 4 is 22.0 Å². The number of nitrogens with zero attached hydrogens (tertiary/aromatic N) is 1. The molecule has 3 rings (SSSR count). The molecule has 0 saturated carbocycles. The summed E-state index contributed by atoms with van der Waals surface area (Å²) in [5.41, 5.74) is 3.59. The molecule has 0 atom stereocenters. The van der Waals surface area contributed by atoms with E-state index >= 15 is 0 Å². The molecule has 1 aromatic heterocycles. The third-order valence-corrected chi connectivity index (χ3v) is 5.94. The van der Waals surface area contributed by atoms with Crippen LogP contribution < -0.4 is 15.0 Å². The summed E-state index contributed by atoms with van der Waals surface area (Å²) < 4.78 is 32.2. The Morgan fingerprint density at radius 2 is 1.93 bits per heavy atom. The fourth-order valence-electron chi connectivity index (χ4n) is 2.79. The van der Waals surface area contributed by atoms with Crippen molar-refractivity contribution in [2.24, 2.45) is 0 Å². The summed E-state index contributed by atoms with van der Waals surface area (Å²) in [6.45, 7) is 3.72. The fraction of sp³-hybridized carbons (Fsp3) is 0.316. The number of furan rings is 1. The Bertz CT molecular complexity index is 900. The molecule has 1 aliphatic heterocycles. The number of amides is 1. The molecule has 0 unspecified atom stereocenters. The van der Waals surface area contributed by atoms with Crippen molar-refractivity contribution in [3.8, 4) is 0 Å². The number of benzene rings is 1. The van der Waals surface area contributed by atoms with Gasteiger partial charge in [0.2, 0.25) is 10.0 Å². The number of sulfonamides is 1. The lowest BCUT2D eigenvalue weighted by Crippen LogP contribution is -3.12. The van der Waals surface area contributed by atoms with E-state index in [1.54, 1.807) is 30.3 Å². The number of carbonyl (C=O) groups is 1. The molecule has 28 heavy (non-hydrogen) atoms. The van der Waals surface area contributed by atoms with Gasteiger partial charge in [-0.25, -0.2) is 18.1 Å². The molecule has 2 heterocycles. The third-order valence-electron chi connectivity index (χ3n) is 4.52. The highest BCUT2D eigenvalue weighted by Crippen LogP contribution is 2.12. The van der Waals surface area contributed by atoms with Crippen molar-refractivity contribution in [3.63, 3.8) is 0 Å². The van der Waals surface area contributed by atoms with Gasteiger partial charge in [-0.3, -0.25) is 10.2 Å². The normalized spacial score (nSPS) is 16.5. The molecule has 1 fully saturated rings. The lowest BCUT2D eigenvalue weighted by molar-refractivity contribution is -0.884. The largest absolute Gasteiger partial charge is 0.468 e. The quantitative estimate of drug-likeness (QED) is 0.547. The van der Waals surface area contributed by atoms with Gasteiger partial charge in [-0.15, -0.1) is 0 Å². The molecule has 150 valence electrons. The number of nitrogens with one attached hydrogen (secondary N) is 3. The van der Waals surface area contributed by atoms with Crippen LogP contribution in [0.5, 0.6) is 0 Å². The smallest absolute Gasteiger partial charge is 0.258 e. The molecule has 0 spiro atoms. The molecule has 0 bridgehead atoms. The molecule has 9 heteroatoms. The minimum atomic E-state index is -3.63. The molecule has 8 nitrogen and oxygen atoms in total. The number of piperazine rings is 1. The van der Waals surface area contributed by atoms with Crippen LogP contribution in [-0.2, 0) is 21.4 Å². The summed E-state index contributed by atoms with van der Waals surface area (Å²) in [6.07, 6.45) is 4.60. The molecule has 1 aromatic carbocycles. The second-order valence-electron chi connectivity index (χ2n) is 6.73. The highest BCUT2D eigenvalue weighted by molar-refractivity contribution is 7.89. The maximum absolute atomic E-state index is 12.3. The Morgan fingerprint density at radius 3 is 2.57 bits per heavy atom. The van der Waals surface area contributed by atoms with E-state index in [1.165, 1.54) is 29.4 Å². The monoisotopic (exact) mass is 405 g/mol. The predicted octanol–water partition coefficient (Wildman–Crippen LogP) is -0.367. The Kier molecular flexibility index (Phi) is 6.63. The Balaban J connectivity index is 1.53. The molecule has 2 aromatic rings. The van der Waals surface area contributed by atoms with Gasteiger partial charge >= 0.3 is 0 Å². The highest BCUT2D eigenvalue weighted by Gasteiger charge is 2.17. The first-order valence-electron chi connectivity index (χ1n) is 9.09. The average molecular weight is 406 g/mol. The summed E-state index contributed by atoms with van der Waals surface area (Å²) in [4.78, 5) is 13.6. The molecule has 1 aliphatic rings. The number of quaternary nitrogens is 1. The number of hydrazine groups is 1. The summed E-state index contributed by atoms with van der Waals surface area (Å²) in [6, 6.07) is 9.72. The second kappa shape index (κ2) is 9.16. The summed E-state index contributed by atoms with van der Waals surface area (Å²) >= 11 is 0. The molecule has 0 aliphatic carbocycles. The standard InChI is InChI=1S/C19H24N4O4S/c1-22-10-12-23(13-11-22)21-19(24)9-6-16-4-7-18(8-5-16)28(25,26)20-15-17-3-2-14-27-17/h2-9,14,20H,10-13,15H2,1H3,(H,21,24)/p+1/b9-6+. The van der Waals surface area contributed by atoms with E-state index in [1.807, 2.05) is 5.01 Å². The zero-order valence-corrected chi connectivity index (χ0v) is 16.5. The van der Waals surface area contributed by atoms with Crippen molar-refractivity contribution in [3.05, 3.63) is 60.1 Å². The molecule has 0 radical (unpaired) electrons. The van der Waals surface area contributed by atoms with Crippen LogP contribution in [0, 0.1) is 0 Å². The minimum Gasteiger partial charge on any atom is -0.468 e.